The van der Waals surface area contributed by atoms with E-state index in [1.807, 2.05) is 24.3 Å². The molecule has 0 unspecified atom stereocenters. The number of carbonyl (C=O) groups excluding carboxylic acids is 1. The minimum absolute atomic E-state index is 0.200. The van der Waals surface area contributed by atoms with Crippen LogP contribution in [-0.2, 0) is 11.3 Å². The second-order valence-electron chi connectivity index (χ2n) is 6.51. The van der Waals surface area contributed by atoms with Crippen molar-refractivity contribution in [2.75, 3.05) is 13.7 Å². The number of aryl methyl sites for hydroxylation is 1. The highest BCUT2D eigenvalue weighted by Crippen LogP contribution is 2.27. The van der Waals surface area contributed by atoms with E-state index in [4.69, 9.17) is 13.9 Å². The Hall–Kier alpha value is -3.46. The molecule has 0 saturated carbocycles. The van der Waals surface area contributed by atoms with Crippen LogP contribution in [0.1, 0.15) is 27.9 Å². The third kappa shape index (κ3) is 3.59. The zero-order chi connectivity index (χ0) is 21.3. The summed E-state index contributed by atoms with van der Waals surface area (Å²) in [6.07, 6.45) is 2.97. The maximum Gasteiger partial charge on any atom is 0.348 e. The lowest BCUT2D eigenvalue weighted by Crippen LogP contribution is -2.21. The normalized spacial score (nSPS) is 11.0. The molecule has 0 spiro atoms. The largest absolute Gasteiger partial charge is 0.497 e. The Kier molecular flexibility index (Phi) is 5.37. The number of carbonyl (C=O) groups is 1. The summed E-state index contributed by atoms with van der Waals surface area (Å²) in [5.41, 5.74) is 1.73. The van der Waals surface area contributed by atoms with Gasteiger partial charge >= 0.3 is 5.97 Å². The highest BCUT2D eigenvalue weighted by Gasteiger charge is 2.20. The highest BCUT2D eigenvalue weighted by atomic mass is 32.1. The molecule has 3 aromatic heterocycles. The van der Waals surface area contributed by atoms with E-state index < -0.39 is 5.97 Å². The van der Waals surface area contributed by atoms with Gasteiger partial charge in [-0.05, 0) is 43.7 Å². The van der Waals surface area contributed by atoms with Gasteiger partial charge in [0, 0.05) is 5.56 Å². The Morgan fingerprint density at radius 3 is 2.73 bits per heavy atom. The van der Waals surface area contributed by atoms with Crippen LogP contribution in [0.2, 0.25) is 0 Å². The maximum absolute atomic E-state index is 13.0. The highest BCUT2D eigenvalue weighted by molar-refractivity contribution is 7.20. The molecule has 0 bridgehead atoms. The number of benzene rings is 1. The first-order chi connectivity index (χ1) is 14.5. The number of ether oxygens (including phenoxy) is 2. The van der Waals surface area contributed by atoms with Crippen molar-refractivity contribution in [3.63, 3.8) is 0 Å². The Morgan fingerprint density at radius 1 is 1.27 bits per heavy atom. The van der Waals surface area contributed by atoms with Crippen LogP contribution < -0.4 is 10.3 Å². The van der Waals surface area contributed by atoms with Gasteiger partial charge in [0.05, 0.1) is 37.7 Å². The Balaban J connectivity index is 1.63. The van der Waals surface area contributed by atoms with E-state index >= 15 is 0 Å². The predicted octanol–water partition coefficient (Wildman–Crippen LogP) is 3.66. The summed E-state index contributed by atoms with van der Waals surface area (Å²) in [5.74, 6) is 0.750. The summed E-state index contributed by atoms with van der Waals surface area (Å²) in [4.78, 5) is 34.8. The fourth-order valence-electron chi connectivity index (χ4n) is 3.08. The van der Waals surface area contributed by atoms with Gasteiger partial charge in [0.2, 0.25) is 5.89 Å². The van der Waals surface area contributed by atoms with E-state index in [9.17, 15) is 9.59 Å². The number of esters is 1. The Morgan fingerprint density at radius 2 is 2.03 bits per heavy atom. The molecule has 0 aliphatic rings. The van der Waals surface area contributed by atoms with Crippen LogP contribution in [0.5, 0.6) is 5.75 Å². The number of nitrogens with zero attached hydrogens (tertiary/aromatic N) is 3. The first-order valence-electron chi connectivity index (χ1n) is 9.26. The predicted molar refractivity (Wildman–Crippen MR) is 112 cm³/mol. The summed E-state index contributed by atoms with van der Waals surface area (Å²) < 4.78 is 17.2. The lowest BCUT2D eigenvalue weighted by Gasteiger charge is -2.03. The van der Waals surface area contributed by atoms with E-state index in [0.717, 1.165) is 22.6 Å². The molecule has 0 aliphatic carbocycles. The van der Waals surface area contributed by atoms with E-state index in [1.165, 1.54) is 17.2 Å². The summed E-state index contributed by atoms with van der Waals surface area (Å²) in [6, 6.07) is 7.34. The topological polar surface area (TPSA) is 96.4 Å². The lowest BCUT2D eigenvalue weighted by atomic mass is 10.2. The van der Waals surface area contributed by atoms with E-state index in [1.54, 1.807) is 21.0 Å². The summed E-state index contributed by atoms with van der Waals surface area (Å²) in [6.45, 7) is 3.94. The van der Waals surface area contributed by atoms with Crippen LogP contribution in [0.25, 0.3) is 21.7 Å². The van der Waals surface area contributed by atoms with E-state index in [2.05, 4.69) is 9.97 Å². The lowest BCUT2D eigenvalue weighted by molar-refractivity contribution is 0.0531. The van der Waals surface area contributed by atoms with Gasteiger partial charge in [-0.2, -0.15) is 0 Å². The molecule has 0 aliphatic heterocycles. The Labute approximate surface area is 175 Å². The van der Waals surface area contributed by atoms with Gasteiger partial charge < -0.3 is 13.9 Å². The van der Waals surface area contributed by atoms with Crippen molar-refractivity contribution in [1.82, 2.24) is 14.5 Å². The quantitative estimate of drug-likeness (QED) is 0.435. The molecule has 0 atom stereocenters. The van der Waals surface area contributed by atoms with Gasteiger partial charge in [0.25, 0.3) is 5.56 Å². The monoisotopic (exact) mass is 425 g/mol. The average Bonchev–Trinajstić information content (AvgIpc) is 3.35. The zero-order valence-corrected chi connectivity index (χ0v) is 17.5. The molecule has 154 valence electrons. The van der Waals surface area contributed by atoms with Crippen molar-refractivity contribution in [2.24, 2.45) is 0 Å². The first kappa shape index (κ1) is 19.8. The molecule has 4 rings (SSSR count). The molecule has 0 radical (unpaired) electrons. The molecule has 30 heavy (non-hydrogen) atoms. The van der Waals surface area contributed by atoms with Crippen molar-refractivity contribution in [2.45, 2.75) is 20.4 Å². The molecule has 8 nitrogen and oxygen atoms in total. The number of methoxy groups -OCH3 is 1. The number of oxazole rings is 1. The van der Waals surface area contributed by atoms with Crippen LogP contribution in [0.4, 0.5) is 0 Å². The number of hydrogen-bond acceptors (Lipinski definition) is 8. The second kappa shape index (κ2) is 8.11. The minimum atomic E-state index is -0.440. The third-order valence-electron chi connectivity index (χ3n) is 4.60. The SMILES string of the molecule is CCOC(=O)c1sc2ncn(Cc3coc(-c4ccc(OC)cc4)n3)c(=O)c2c1C. The number of fused-ring (bicyclic) bond motifs is 1. The van der Waals surface area contributed by atoms with Gasteiger partial charge in [-0.1, -0.05) is 0 Å². The molecule has 4 aromatic rings. The standard InChI is InChI=1S/C21H19N3O5S/c1-4-28-21(26)17-12(2)16-19(30-17)22-11-24(20(16)25)9-14-10-29-18(23-14)13-5-7-15(27-3)8-6-13/h5-8,10-11H,4,9H2,1-3H3. The minimum Gasteiger partial charge on any atom is -0.497 e. The third-order valence-corrected chi connectivity index (χ3v) is 5.78. The number of rotatable bonds is 6. The molecule has 1 aromatic carbocycles. The maximum atomic E-state index is 13.0. The number of aromatic nitrogens is 3. The van der Waals surface area contributed by atoms with Crippen LogP contribution in [0, 0.1) is 6.92 Å². The van der Waals surface area contributed by atoms with Crippen LogP contribution in [-0.4, -0.2) is 34.2 Å². The van der Waals surface area contributed by atoms with Crippen LogP contribution in [0.15, 0.2) is 46.1 Å². The van der Waals surface area contributed by atoms with Gasteiger partial charge in [0.1, 0.15) is 21.7 Å². The summed E-state index contributed by atoms with van der Waals surface area (Å²) >= 11 is 1.16. The number of thiophene rings is 1. The summed E-state index contributed by atoms with van der Waals surface area (Å²) in [7, 11) is 1.60. The van der Waals surface area contributed by atoms with Crippen molar-refractivity contribution >= 4 is 27.5 Å². The van der Waals surface area contributed by atoms with Crippen LogP contribution >= 0.6 is 11.3 Å². The fourth-order valence-corrected chi connectivity index (χ4v) is 4.12. The second-order valence-corrected chi connectivity index (χ2v) is 7.51. The molecule has 0 saturated heterocycles. The Bertz CT molecular complexity index is 1270. The fraction of sp³-hybridized carbons (Fsp3) is 0.238. The first-order valence-corrected chi connectivity index (χ1v) is 10.1. The van der Waals surface area contributed by atoms with Gasteiger partial charge in [0.15, 0.2) is 0 Å². The number of hydrogen-bond donors (Lipinski definition) is 0. The van der Waals surface area contributed by atoms with Crippen LogP contribution in [0.3, 0.4) is 0 Å². The van der Waals surface area contributed by atoms with Gasteiger partial charge in [-0.15, -0.1) is 11.3 Å². The molecule has 0 N–H and O–H groups in total. The zero-order valence-electron chi connectivity index (χ0n) is 16.7. The van der Waals surface area contributed by atoms with Crippen molar-refractivity contribution in [1.29, 1.82) is 0 Å². The average molecular weight is 425 g/mol. The van der Waals surface area contributed by atoms with Crippen molar-refractivity contribution in [3.8, 4) is 17.2 Å². The van der Waals surface area contributed by atoms with Crippen molar-refractivity contribution < 1.29 is 18.7 Å². The smallest absolute Gasteiger partial charge is 0.348 e. The molecule has 0 fully saturated rings. The van der Waals surface area contributed by atoms with Gasteiger partial charge in [-0.25, -0.2) is 14.8 Å². The molecular formula is C21H19N3O5S. The summed E-state index contributed by atoms with van der Waals surface area (Å²) in [5, 5.41) is 0.421. The van der Waals surface area contributed by atoms with Crippen molar-refractivity contribution in [3.05, 3.63) is 63.3 Å². The molecule has 9 heteroatoms. The van der Waals surface area contributed by atoms with E-state index in [0.29, 0.717) is 32.2 Å². The van der Waals surface area contributed by atoms with E-state index in [-0.39, 0.29) is 18.7 Å². The van der Waals surface area contributed by atoms with Gasteiger partial charge in [-0.3, -0.25) is 9.36 Å². The molecule has 3 heterocycles. The molecule has 0 amide bonds. The molecular weight excluding hydrogens is 406 g/mol.